The monoisotopic (exact) mass is 788 g/mol. The maximum Gasteiger partial charge on any atom is 0.160 e. The Morgan fingerprint density at radius 2 is 0.565 bits per heavy atom. The third-order valence-electron chi connectivity index (χ3n) is 12.2. The highest BCUT2D eigenvalue weighted by Gasteiger charge is 2.17. The number of benzene rings is 9. The molecule has 0 aliphatic heterocycles. The molecular weight excluding hydrogens is 753 g/mol. The van der Waals surface area contributed by atoms with Gasteiger partial charge in [0.15, 0.2) is 11.6 Å². The maximum atomic E-state index is 5.32. The third-order valence-corrected chi connectivity index (χ3v) is 12.2. The average molecular weight is 789 g/mol. The molecule has 288 valence electrons. The van der Waals surface area contributed by atoms with E-state index in [1.54, 1.807) is 0 Å². The lowest BCUT2D eigenvalue weighted by atomic mass is 9.88. The van der Waals surface area contributed by atoms with Crippen molar-refractivity contribution in [2.24, 2.45) is 0 Å². The van der Waals surface area contributed by atoms with Gasteiger partial charge in [0.25, 0.3) is 0 Å². The van der Waals surface area contributed by atoms with Gasteiger partial charge in [0.1, 0.15) is 0 Å². The minimum absolute atomic E-state index is 0.637. The third kappa shape index (κ3) is 5.92. The van der Waals surface area contributed by atoms with Crippen molar-refractivity contribution in [3.63, 3.8) is 0 Å². The first-order chi connectivity index (χ1) is 30.8. The number of hydrogen-bond acceptors (Lipinski definition) is 4. The summed E-state index contributed by atoms with van der Waals surface area (Å²) in [4.78, 5) is 20.0. The van der Waals surface area contributed by atoms with Gasteiger partial charge in [-0.05, 0) is 87.5 Å². The standard InChI is InChI=1S/C58H36N4/c1-3-17-37(18-4-1)57-59-35-40(36-60-57)54-34-53(61-58(62-54)38-19-5-2-6-20-38)39-31-32-48-44-24-10-8-22-42(44)41-21-7-9-23-43(41)45-25-11-14-28-49(45)55-50-29-15-12-26-46(50)47-27-13-16-30-51(47)56(55)52(48)33-39/h1-36H. The smallest absolute Gasteiger partial charge is 0.160 e. The van der Waals surface area contributed by atoms with E-state index >= 15 is 0 Å². The molecule has 62 heavy (non-hydrogen) atoms. The lowest BCUT2D eigenvalue weighted by molar-refractivity contribution is 1.14. The molecule has 2 heterocycles. The zero-order valence-corrected chi connectivity index (χ0v) is 33.6. The van der Waals surface area contributed by atoms with Crippen molar-refractivity contribution in [3.8, 4) is 45.3 Å². The van der Waals surface area contributed by atoms with Gasteiger partial charge in [-0.1, -0.05) is 194 Å². The van der Waals surface area contributed by atoms with Gasteiger partial charge in [-0.3, -0.25) is 0 Å². The molecule has 12 rings (SSSR count). The van der Waals surface area contributed by atoms with Gasteiger partial charge in [0.2, 0.25) is 0 Å². The van der Waals surface area contributed by atoms with Crippen LogP contribution in [-0.2, 0) is 0 Å². The van der Waals surface area contributed by atoms with Crippen LogP contribution in [0.5, 0.6) is 0 Å². The van der Waals surface area contributed by atoms with Crippen LogP contribution in [0.2, 0.25) is 0 Å². The van der Waals surface area contributed by atoms with Gasteiger partial charge in [-0.2, -0.15) is 0 Å². The highest BCUT2D eigenvalue weighted by Crippen LogP contribution is 2.44. The minimum Gasteiger partial charge on any atom is -0.236 e. The molecule has 12 aromatic rings. The summed E-state index contributed by atoms with van der Waals surface area (Å²) in [5.41, 5.74) is 5.26. The molecule has 0 spiro atoms. The second-order valence-corrected chi connectivity index (χ2v) is 15.7. The average Bonchev–Trinajstić information content (AvgIpc) is 3.36. The highest BCUT2D eigenvalue weighted by molar-refractivity contribution is 6.38. The Labute approximate surface area is 357 Å². The summed E-state index contributed by atoms with van der Waals surface area (Å²) in [6.45, 7) is 0. The van der Waals surface area contributed by atoms with E-state index in [0.717, 1.165) is 44.4 Å². The molecule has 0 unspecified atom stereocenters. The summed E-state index contributed by atoms with van der Waals surface area (Å²) in [5.74, 6) is 1.31. The van der Waals surface area contributed by atoms with E-state index < -0.39 is 0 Å². The van der Waals surface area contributed by atoms with Gasteiger partial charge in [0.05, 0.1) is 11.4 Å². The Balaban J connectivity index is 1.25. The Morgan fingerprint density at radius 3 is 1.02 bits per heavy atom. The normalized spacial score (nSPS) is 11.5. The highest BCUT2D eigenvalue weighted by atomic mass is 14.9. The van der Waals surface area contributed by atoms with Crippen molar-refractivity contribution in [2.45, 2.75) is 0 Å². The van der Waals surface area contributed by atoms with E-state index in [4.69, 9.17) is 19.9 Å². The number of hydrogen-bond donors (Lipinski definition) is 0. The number of aromatic nitrogens is 4. The van der Waals surface area contributed by atoms with E-state index in [2.05, 4.69) is 158 Å². The second-order valence-electron chi connectivity index (χ2n) is 15.7. The summed E-state index contributed by atoms with van der Waals surface area (Å²) >= 11 is 0. The molecular formula is C58H36N4. The van der Waals surface area contributed by atoms with Gasteiger partial charge < -0.3 is 0 Å². The predicted molar refractivity (Wildman–Crippen MR) is 260 cm³/mol. The first kappa shape index (κ1) is 35.6. The molecule has 0 radical (unpaired) electrons. The van der Waals surface area contributed by atoms with E-state index in [0.29, 0.717) is 11.6 Å². The fourth-order valence-electron chi connectivity index (χ4n) is 9.34. The Morgan fingerprint density at radius 1 is 0.226 bits per heavy atom. The van der Waals surface area contributed by atoms with Crippen molar-refractivity contribution in [1.82, 2.24) is 19.9 Å². The Kier molecular flexibility index (Phi) is 8.46. The van der Waals surface area contributed by atoms with Crippen molar-refractivity contribution >= 4 is 75.4 Å². The van der Waals surface area contributed by atoms with Crippen LogP contribution >= 0.6 is 0 Å². The lowest BCUT2D eigenvalue weighted by Gasteiger charge is -2.15. The van der Waals surface area contributed by atoms with Crippen LogP contribution < -0.4 is 0 Å². The molecule has 0 aliphatic rings. The molecule has 0 bridgehead atoms. The summed E-state index contributed by atoms with van der Waals surface area (Å²) in [6, 6.07) is 73.6. The second kappa shape index (κ2) is 14.7. The molecule has 0 saturated heterocycles. The molecule has 0 saturated carbocycles. The van der Waals surface area contributed by atoms with Crippen molar-refractivity contribution in [2.75, 3.05) is 0 Å². The molecule has 10 aromatic carbocycles. The number of fused-ring (bicyclic) bond motifs is 15. The van der Waals surface area contributed by atoms with E-state index in [1.165, 1.54) is 64.6 Å². The van der Waals surface area contributed by atoms with Crippen LogP contribution in [0.1, 0.15) is 0 Å². The van der Waals surface area contributed by atoms with Crippen molar-refractivity contribution in [3.05, 3.63) is 219 Å². The SMILES string of the molecule is c1ccc(-c2ncc(-c3cc(-c4ccc5c6ccccc6c6ccccc6c6ccccc6c6c7ccccc7c7ccccc7c6c5c4)nc(-c4ccccc4)n3)cn2)cc1. The Hall–Kier alpha value is -8.34. The van der Waals surface area contributed by atoms with Crippen LogP contribution in [0.25, 0.3) is 121 Å². The zero-order chi connectivity index (χ0) is 41.0. The summed E-state index contributed by atoms with van der Waals surface area (Å²) < 4.78 is 0. The molecule has 2 aromatic heterocycles. The lowest BCUT2D eigenvalue weighted by Crippen LogP contribution is -1.97. The van der Waals surface area contributed by atoms with E-state index in [9.17, 15) is 0 Å². The fourth-order valence-corrected chi connectivity index (χ4v) is 9.34. The fraction of sp³-hybridized carbons (Fsp3) is 0. The van der Waals surface area contributed by atoms with Gasteiger partial charge >= 0.3 is 0 Å². The molecule has 4 nitrogen and oxygen atoms in total. The zero-order valence-electron chi connectivity index (χ0n) is 33.6. The first-order valence-electron chi connectivity index (χ1n) is 21.0. The Bertz CT molecular complexity index is 3790. The molecule has 0 amide bonds. The van der Waals surface area contributed by atoms with Crippen LogP contribution in [0.15, 0.2) is 219 Å². The number of nitrogens with zero attached hydrogens (tertiary/aromatic N) is 4. The van der Waals surface area contributed by atoms with Gasteiger partial charge in [-0.25, -0.2) is 19.9 Å². The summed E-state index contributed by atoms with van der Waals surface area (Å²) in [5, 5.41) is 16.7. The predicted octanol–water partition coefficient (Wildman–Crippen LogP) is 15.1. The molecule has 0 atom stereocenters. The van der Waals surface area contributed by atoms with Crippen LogP contribution in [0.3, 0.4) is 0 Å². The summed E-state index contributed by atoms with van der Waals surface area (Å²) in [6.07, 6.45) is 3.73. The molecule has 0 aliphatic carbocycles. The van der Waals surface area contributed by atoms with E-state index in [-0.39, 0.29) is 0 Å². The molecule has 0 N–H and O–H groups in total. The first-order valence-corrected chi connectivity index (χ1v) is 21.0. The maximum absolute atomic E-state index is 5.32. The van der Waals surface area contributed by atoms with E-state index in [1.807, 2.05) is 60.9 Å². The van der Waals surface area contributed by atoms with Gasteiger partial charge in [0, 0.05) is 34.6 Å². The van der Waals surface area contributed by atoms with Gasteiger partial charge in [-0.15, -0.1) is 0 Å². The number of rotatable bonds is 4. The van der Waals surface area contributed by atoms with Crippen molar-refractivity contribution in [1.29, 1.82) is 0 Å². The topological polar surface area (TPSA) is 51.6 Å². The molecule has 4 heteroatoms. The summed E-state index contributed by atoms with van der Waals surface area (Å²) in [7, 11) is 0. The largest absolute Gasteiger partial charge is 0.236 e. The van der Waals surface area contributed by atoms with Crippen LogP contribution in [-0.4, -0.2) is 19.9 Å². The van der Waals surface area contributed by atoms with Crippen LogP contribution in [0.4, 0.5) is 0 Å². The molecule has 0 fully saturated rings. The van der Waals surface area contributed by atoms with Crippen LogP contribution in [0, 0.1) is 0 Å². The quantitative estimate of drug-likeness (QED) is 0.167. The van der Waals surface area contributed by atoms with Crippen molar-refractivity contribution < 1.29 is 0 Å². The minimum atomic E-state index is 0.637.